The maximum Gasteiger partial charge on any atom is 0.134 e. The Hall–Kier alpha value is -1.32. The molecule has 0 saturated carbocycles. The minimum absolute atomic E-state index is 0.476. The molecule has 4 heteroatoms. The van der Waals surface area contributed by atoms with Gasteiger partial charge in [0.05, 0.1) is 0 Å². The van der Waals surface area contributed by atoms with E-state index in [1.54, 1.807) is 0 Å². The van der Waals surface area contributed by atoms with Crippen LogP contribution in [-0.4, -0.2) is 23.1 Å². The van der Waals surface area contributed by atoms with Crippen LogP contribution >= 0.6 is 0 Å². The lowest BCUT2D eigenvalue weighted by Gasteiger charge is -2.26. The van der Waals surface area contributed by atoms with E-state index in [1.807, 2.05) is 6.07 Å². The van der Waals surface area contributed by atoms with Crippen LogP contribution in [0.4, 0.5) is 11.6 Å². The van der Waals surface area contributed by atoms with E-state index in [1.165, 1.54) is 6.42 Å². The minimum Gasteiger partial charge on any atom is -0.384 e. The third kappa shape index (κ3) is 3.88. The van der Waals surface area contributed by atoms with Crippen molar-refractivity contribution in [1.29, 1.82) is 0 Å². The normalized spacial score (nSPS) is 12.5. The molecule has 96 valence electrons. The summed E-state index contributed by atoms with van der Waals surface area (Å²) in [4.78, 5) is 11.0. The van der Waals surface area contributed by atoms with Crippen LogP contribution in [-0.2, 0) is 6.42 Å². The van der Waals surface area contributed by atoms with Crippen molar-refractivity contribution in [2.24, 2.45) is 0 Å². The van der Waals surface area contributed by atoms with Crippen molar-refractivity contribution in [3.8, 4) is 0 Å². The van der Waals surface area contributed by atoms with E-state index in [0.717, 1.165) is 30.9 Å². The summed E-state index contributed by atoms with van der Waals surface area (Å²) >= 11 is 0. The maximum absolute atomic E-state index is 5.82. The Balaban J connectivity index is 2.88. The predicted octanol–water partition coefficient (Wildman–Crippen LogP) is 2.64. The lowest BCUT2D eigenvalue weighted by atomic mass is 10.2. The lowest BCUT2D eigenvalue weighted by Crippen LogP contribution is -2.29. The monoisotopic (exact) mass is 236 g/mol. The average Bonchev–Trinajstić information content (AvgIpc) is 2.28. The van der Waals surface area contributed by atoms with Crippen molar-refractivity contribution in [3.05, 3.63) is 11.9 Å². The summed E-state index contributed by atoms with van der Waals surface area (Å²) in [5, 5.41) is 0. The van der Waals surface area contributed by atoms with Gasteiger partial charge in [0.25, 0.3) is 0 Å². The van der Waals surface area contributed by atoms with E-state index in [4.69, 9.17) is 5.73 Å². The Bertz CT molecular complexity index is 351. The number of nitrogen functional groups attached to an aromatic ring is 1. The number of hydrogen-bond acceptors (Lipinski definition) is 4. The van der Waals surface area contributed by atoms with Crippen molar-refractivity contribution in [3.63, 3.8) is 0 Å². The average molecular weight is 236 g/mol. The predicted molar refractivity (Wildman–Crippen MR) is 73.2 cm³/mol. The SMILES string of the molecule is CCCc1nc(N)cc(N(C)C(C)CCC)n1. The standard InChI is InChI=1S/C13H24N4/c1-5-7-10(3)17(4)13-9-11(14)15-12(16-13)8-6-2/h9-10H,5-8H2,1-4H3,(H2,14,15,16). The number of nitrogens with zero attached hydrogens (tertiary/aromatic N) is 3. The molecule has 1 rings (SSSR count). The van der Waals surface area contributed by atoms with Crippen LogP contribution in [0, 0.1) is 0 Å². The van der Waals surface area contributed by atoms with Gasteiger partial charge in [0, 0.05) is 25.6 Å². The van der Waals surface area contributed by atoms with Gasteiger partial charge in [-0.25, -0.2) is 9.97 Å². The fourth-order valence-electron chi connectivity index (χ4n) is 1.86. The maximum atomic E-state index is 5.82. The van der Waals surface area contributed by atoms with Gasteiger partial charge in [-0.15, -0.1) is 0 Å². The molecule has 0 aliphatic rings. The first kappa shape index (κ1) is 13.7. The summed E-state index contributed by atoms with van der Waals surface area (Å²) in [6.07, 6.45) is 4.25. The molecule has 0 radical (unpaired) electrons. The highest BCUT2D eigenvalue weighted by atomic mass is 15.2. The van der Waals surface area contributed by atoms with E-state index in [2.05, 4.69) is 42.7 Å². The van der Waals surface area contributed by atoms with Crippen molar-refractivity contribution in [2.45, 2.75) is 52.5 Å². The molecule has 1 unspecified atom stereocenters. The molecule has 0 amide bonds. The minimum atomic E-state index is 0.476. The number of rotatable bonds is 6. The fraction of sp³-hybridized carbons (Fsp3) is 0.692. The van der Waals surface area contributed by atoms with E-state index in [-0.39, 0.29) is 0 Å². The first-order valence-corrected chi connectivity index (χ1v) is 6.44. The van der Waals surface area contributed by atoms with Crippen LogP contribution in [0.5, 0.6) is 0 Å². The summed E-state index contributed by atoms with van der Waals surface area (Å²) < 4.78 is 0. The fourth-order valence-corrected chi connectivity index (χ4v) is 1.86. The van der Waals surface area contributed by atoms with E-state index in [9.17, 15) is 0 Å². The smallest absolute Gasteiger partial charge is 0.134 e. The second-order valence-electron chi connectivity index (χ2n) is 4.57. The van der Waals surface area contributed by atoms with E-state index >= 15 is 0 Å². The molecule has 0 aromatic carbocycles. The quantitative estimate of drug-likeness (QED) is 0.825. The first-order chi connectivity index (χ1) is 8.08. The van der Waals surface area contributed by atoms with Gasteiger partial charge in [-0.2, -0.15) is 0 Å². The molecule has 2 N–H and O–H groups in total. The molecule has 0 bridgehead atoms. The van der Waals surface area contributed by atoms with Crippen molar-refractivity contribution < 1.29 is 0 Å². The number of anilines is 2. The molecule has 0 saturated heterocycles. The third-order valence-corrected chi connectivity index (χ3v) is 2.98. The summed E-state index contributed by atoms with van der Waals surface area (Å²) in [6.45, 7) is 6.53. The topological polar surface area (TPSA) is 55.0 Å². The van der Waals surface area contributed by atoms with E-state index in [0.29, 0.717) is 11.9 Å². The van der Waals surface area contributed by atoms with Gasteiger partial charge in [0.2, 0.25) is 0 Å². The number of aromatic nitrogens is 2. The summed E-state index contributed by atoms with van der Waals surface area (Å²) in [6, 6.07) is 2.33. The van der Waals surface area contributed by atoms with Crippen LogP contribution in [0.25, 0.3) is 0 Å². The van der Waals surface area contributed by atoms with Crippen molar-refractivity contribution >= 4 is 11.6 Å². The Kier molecular flexibility index (Phi) is 5.19. The second kappa shape index (κ2) is 6.42. The second-order valence-corrected chi connectivity index (χ2v) is 4.57. The van der Waals surface area contributed by atoms with Crippen LogP contribution in [0.15, 0.2) is 6.07 Å². The zero-order chi connectivity index (χ0) is 12.8. The van der Waals surface area contributed by atoms with Crippen molar-refractivity contribution in [2.75, 3.05) is 17.7 Å². The van der Waals surface area contributed by atoms with Crippen LogP contribution in [0.1, 0.15) is 45.9 Å². The van der Waals surface area contributed by atoms with Gasteiger partial charge in [-0.1, -0.05) is 20.3 Å². The molecule has 1 aromatic rings. The zero-order valence-electron chi connectivity index (χ0n) is 11.4. The molecule has 1 heterocycles. The molecular weight excluding hydrogens is 212 g/mol. The molecule has 17 heavy (non-hydrogen) atoms. The summed E-state index contributed by atoms with van der Waals surface area (Å²) in [7, 11) is 2.07. The zero-order valence-corrected chi connectivity index (χ0v) is 11.4. The van der Waals surface area contributed by atoms with Crippen LogP contribution in [0.2, 0.25) is 0 Å². The summed E-state index contributed by atoms with van der Waals surface area (Å²) in [5.74, 6) is 2.34. The molecule has 1 atom stereocenters. The first-order valence-electron chi connectivity index (χ1n) is 6.44. The highest BCUT2D eigenvalue weighted by molar-refractivity contribution is 5.47. The highest BCUT2D eigenvalue weighted by Gasteiger charge is 2.12. The van der Waals surface area contributed by atoms with Gasteiger partial charge < -0.3 is 10.6 Å². The Morgan fingerprint density at radius 3 is 2.59 bits per heavy atom. The molecule has 1 aromatic heterocycles. The Morgan fingerprint density at radius 1 is 1.29 bits per heavy atom. The van der Waals surface area contributed by atoms with Gasteiger partial charge in [-0.05, 0) is 19.8 Å². The summed E-state index contributed by atoms with van der Waals surface area (Å²) in [5.41, 5.74) is 5.82. The van der Waals surface area contributed by atoms with Gasteiger partial charge in [-0.3, -0.25) is 0 Å². The van der Waals surface area contributed by atoms with Gasteiger partial charge in [0.15, 0.2) is 0 Å². The molecule has 0 spiro atoms. The lowest BCUT2D eigenvalue weighted by molar-refractivity contribution is 0.609. The molecular formula is C13H24N4. The Morgan fingerprint density at radius 2 is 2.00 bits per heavy atom. The number of nitrogens with two attached hydrogens (primary N) is 1. The Labute approximate surface area is 104 Å². The van der Waals surface area contributed by atoms with Crippen molar-refractivity contribution in [1.82, 2.24) is 9.97 Å². The number of hydrogen-bond donors (Lipinski definition) is 1. The molecule has 0 fully saturated rings. The van der Waals surface area contributed by atoms with Gasteiger partial charge >= 0.3 is 0 Å². The number of aryl methyl sites for hydroxylation is 1. The molecule has 0 aliphatic heterocycles. The van der Waals surface area contributed by atoms with Gasteiger partial charge in [0.1, 0.15) is 17.5 Å². The van der Waals surface area contributed by atoms with Crippen LogP contribution in [0.3, 0.4) is 0 Å². The van der Waals surface area contributed by atoms with Crippen LogP contribution < -0.4 is 10.6 Å². The highest BCUT2D eigenvalue weighted by Crippen LogP contribution is 2.17. The largest absolute Gasteiger partial charge is 0.384 e. The third-order valence-electron chi connectivity index (χ3n) is 2.98. The molecule has 0 aliphatic carbocycles. The van der Waals surface area contributed by atoms with E-state index < -0.39 is 0 Å². The molecule has 4 nitrogen and oxygen atoms in total.